The predicted octanol–water partition coefficient (Wildman–Crippen LogP) is 2.53. The van der Waals surface area contributed by atoms with Crippen molar-refractivity contribution in [2.75, 3.05) is 20.8 Å². The number of aryl methyl sites for hydroxylation is 1. The van der Waals surface area contributed by atoms with Gasteiger partial charge in [0, 0.05) is 25.5 Å². The smallest absolute Gasteiger partial charge is 0.315 e. The fourth-order valence-electron chi connectivity index (χ4n) is 2.28. The van der Waals surface area contributed by atoms with E-state index in [1.165, 1.54) is 0 Å². The molecular formula is C18H23N3O3. The highest BCUT2D eigenvalue weighted by Gasteiger charge is 2.05. The number of hydrogen-bond acceptors (Lipinski definition) is 4. The second-order valence-corrected chi connectivity index (χ2v) is 5.26. The van der Waals surface area contributed by atoms with E-state index < -0.39 is 0 Å². The molecule has 1 aromatic heterocycles. The number of methoxy groups -OCH3 is 2. The van der Waals surface area contributed by atoms with Crippen LogP contribution < -0.4 is 20.1 Å². The van der Waals surface area contributed by atoms with E-state index in [1.54, 1.807) is 26.6 Å². The molecular weight excluding hydrogens is 306 g/mol. The molecule has 0 aliphatic carbocycles. The van der Waals surface area contributed by atoms with E-state index in [0.29, 0.717) is 18.8 Å². The summed E-state index contributed by atoms with van der Waals surface area (Å²) >= 11 is 0. The number of pyridine rings is 1. The monoisotopic (exact) mass is 329 g/mol. The van der Waals surface area contributed by atoms with E-state index in [2.05, 4.69) is 15.6 Å². The maximum atomic E-state index is 11.7. The van der Waals surface area contributed by atoms with Gasteiger partial charge in [-0.05, 0) is 42.2 Å². The molecule has 0 atom stereocenters. The summed E-state index contributed by atoms with van der Waals surface area (Å²) in [4.78, 5) is 15.7. The Kier molecular flexibility index (Phi) is 6.89. The van der Waals surface area contributed by atoms with Gasteiger partial charge in [-0.25, -0.2) is 4.79 Å². The Labute approximate surface area is 142 Å². The van der Waals surface area contributed by atoms with Gasteiger partial charge in [0.15, 0.2) is 11.5 Å². The quantitative estimate of drug-likeness (QED) is 0.730. The van der Waals surface area contributed by atoms with Gasteiger partial charge in [0.05, 0.1) is 14.2 Å². The average molecular weight is 329 g/mol. The molecule has 0 spiro atoms. The van der Waals surface area contributed by atoms with Crippen molar-refractivity contribution in [3.8, 4) is 11.5 Å². The number of urea groups is 1. The van der Waals surface area contributed by atoms with Gasteiger partial charge in [-0.15, -0.1) is 0 Å². The molecule has 1 heterocycles. The summed E-state index contributed by atoms with van der Waals surface area (Å²) in [5.41, 5.74) is 2.11. The highest BCUT2D eigenvalue weighted by molar-refractivity contribution is 5.73. The molecule has 0 aliphatic heterocycles. The molecule has 0 saturated carbocycles. The van der Waals surface area contributed by atoms with Gasteiger partial charge in [0.25, 0.3) is 0 Å². The van der Waals surface area contributed by atoms with E-state index in [0.717, 1.165) is 29.7 Å². The molecule has 0 radical (unpaired) electrons. The minimum Gasteiger partial charge on any atom is -0.493 e. The summed E-state index contributed by atoms with van der Waals surface area (Å²) in [5.74, 6) is 1.44. The Bertz CT molecular complexity index is 647. The zero-order chi connectivity index (χ0) is 17.2. The molecule has 0 bridgehead atoms. The molecule has 2 aromatic rings. The summed E-state index contributed by atoms with van der Waals surface area (Å²) < 4.78 is 10.5. The zero-order valence-corrected chi connectivity index (χ0v) is 14.0. The molecule has 1 aromatic carbocycles. The molecule has 128 valence electrons. The number of aromatic nitrogens is 1. The van der Waals surface area contributed by atoms with Crippen LogP contribution in [0.1, 0.15) is 17.5 Å². The van der Waals surface area contributed by atoms with Crippen molar-refractivity contribution in [2.45, 2.75) is 19.4 Å². The summed E-state index contributed by atoms with van der Waals surface area (Å²) in [7, 11) is 3.24. The van der Waals surface area contributed by atoms with E-state index in [4.69, 9.17) is 9.47 Å². The molecule has 2 amide bonds. The van der Waals surface area contributed by atoms with Gasteiger partial charge in [-0.1, -0.05) is 12.1 Å². The van der Waals surface area contributed by atoms with Crippen molar-refractivity contribution in [2.24, 2.45) is 0 Å². The standard InChI is InChI=1S/C18H23N3O3/c1-23-16-8-7-14(11-17(16)24-2)5-4-10-20-18(22)21-13-15-6-3-9-19-12-15/h3,6-9,11-12H,4-5,10,13H2,1-2H3,(H2,20,21,22). The number of nitrogens with zero attached hydrogens (tertiary/aromatic N) is 1. The van der Waals surface area contributed by atoms with Gasteiger partial charge in [0.2, 0.25) is 0 Å². The van der Waals surface area contributed by atoms with Crippen LogP contribution in [0.25, 0.3) is 0 Å². The van der Waals surface area contributed by atoms with E-state index in [1.807, 2.05) is 30.3 Å². The van der Waals surface area contributed by atoms with Gasteiger partial charge < -0.3 is 20.1 Å². The molecule has 0 saturated heterocycles. The first-order valence-electron chi connectivity index (χ1n) is 7.84. The zero-order valence-electron chi connectivity index (χ0n) is 14.0. The third-order valence-electron chi connectivity index (χ3n) is 3.55. The van der Waals surface area contributed by atoms with Crippen molar-refractivity contribution in [3.63, 3.8) is 0 Å². The summed E-state index contributed by atoms with van der Waals surface area (Å²) in [6.07, 6.45) is 5.13. The van der Waals surface area contributed by atoms with Crippen LogP contribution >= 0.6 is 0 Å². The molecule has 0 fully saturated rings. The number of benzene rings is 1. The Morgan fingerprint density at radius 1 is 1.08 bits per heavy atom. The number of hydrogen-bond donors (Lipinski definition) is 2. The Hall–Kier alpha value is -2.76. The summed E-state index contributed by atoms with van der Waals surface area (Å²) in [6, 6.07) is 9.45. The number of rotatable bonds is 8. The highest BCUT2D eigenvalue weighted by atomic mass is 16.5. The van der Waals surface area contributed by atoms with Crippen LogP contribution in [0.5, 0.6) is 11.5 Å². The van der Waals surface area contributed by atoms with Crippen molar-refractivity contribution in [1.29, 1.82) is 0 Å². The molecule has 2 rings (SSSR count). The van der Waals surface area contributed by atoms with Crippen LogP contribution in [0.3, 0.4) is 0 Å². The minimum absolute atomic E-state index is 0.175. The van der Waals surface area contributed by atoms with Crippen molar-refractivity contribution in [1.82, 2.24) is 15.6 Å². The summed E-state index contributed by atoms with van der Waals surface area (Å²) in [5, 5.41) is 5.65. The Balaban J connectivity index is 1.68. The van der Waals surface area contributed by atoms with Crippen molar-refractivity contribution in [3.05, 3.63) is 53.9 Å². The van der Waals surface area contributed by atoms with Crippen LogP contribution in [-0.4, -0.2) is 31.8 Å². The molecule has 6 heteroatoms. The van der Waals surface area contributed by atoms with Crippen LogP contribution in [0.15, 0.2) is 42.7 Å². The normalized spacial score (nSPS) is 10.1. The molecule has 0 unspecified atom stereocenters. The van der Waals surface area contributed by atoms with E-state index in [9.17, 15) is 4.79 Å². The predicted molar refractivity (Wildman–Crippen MR) is 92.3 cm³/mol. The lowest BCUT2D eigenvalue weighted by Crippen LogP contribution is -2.35. The fourth-order valence-corrected chi connectivity index (χ4v) is 2.28. The lowest BCUT2D eigenvalue weighted by atomic mass is 10.1. The van der Waals surface area contributed by atoms with Gasteiger partial charge in [-0.2, -0.15) is 0 Å². The number of ether oxygens (including phenoxy) is 2. The number of nitrogens with one attached hydrogen (secondary N) is 2. The molecule has 2 N–H and O–H groups in total. The summed E-state index contributed by atoms with van der Waals surface area (Å²) in [6.45, 7) is 1.07. The first-order chi connectivity index (χ1) is 11.7. The minimum atomic E-state index is -0.175. The number of carbonyl (C=O) groups excluding carboxylic acids is 1. The van der Waals surface area contributed by atoms with Gasteiger partial charge >= 0.3 is 6.03 Å². The van der Waals surface area contributed by atoms with Crippen molar-refractivity contribution >= 4 is 6.03 Å². The van der Waals surface area contributed by atoms with Crippen LogP contribution in [0.2, 0.25) is 0 Å². The molecule has 6 nitrogen and oxygen atoms in total. The number of amides is 2. The van der Waals surface area contributed by atoms with E-state index >= 15 is 0 Å². The first kappa shape index (κ1) is 17.6. The van der Waals surface area contributed by atoms with Crippen molar-refractivity contribution < 1.29 is 14.3 Å². The number of carbonyl (C=O) groups is 1. The van der Waals surface area contributed by atoms with E-state index in [-0.39, 0.29) is 6.03 Å². The van der Waals surface area contributed by atoms with Crippen LogP contribution in [0, 0.1) is 0 Å². The van der Waals surface area contributed by atoms with Gasteiger partial charge in [-0.3, -0.25) is 4.98 Å². The average Bonchev–Trinajstić information content (AvgIpc) is 2.64. The van der Waals surface area contributed by atoms with Crippen LogP contribution in [0.4, 0.5) is 4.79 Å². The second kappa shape index (κ2) is 9.39. The first-order valence-corrected chi connectivity index (χ1v) is 7.84. The lowest BCUT2D eigenvalue weighted by molar-refractivity contribution is 0.240. The fraction of sp³-hybridized carbons (Fsp3) is 0.333. The third-order valence-corrected chi connectivity index (χ3v) is 3.55. The Morgan fingerprint density at radius 2 is 1.92 bits per heavy atom. The maximum absolute atomic E-state index is 11.7. The molecule has 24 heavy (non-hydrogen) atoms. The third kappa shape index (κ3) is 5.46. The van der Waals surface area contributed by atoms with Crippen LogP contribution in [-0.2, 0) is 13.0 Å². The second-order valence-electron chi connectivity index (χ2n) is 5.26. The van der Waals surface area contributed by atoms with Gasteiger partial charge in [0.1, 0.15) is 0 Å². The Morgan fingerprint density at radius 3 is 2.62 bits per heavy atom. The topological polar surface area (TPSA) is 72.5 Å². The highest BCUT2D eigenvalue weighted by Crippen LogP contribution is 2.27. The lowest BCUT2D eigenvalue weighted by Gasteiger charge is -2.10. The molecule has 0 aliphatic rings. The largest absolute Gasteiger partial charge is 0.493 e. The SMILES string of the molecule is COc1ccc(CCCNC(=O)NCc2cccnc2)cc1OC. The maximum Gasteiger partial charge on any atom is 0.315 e.